The summed E-state index contributed by atoms with van der Waals surface area (Å²) in [5.74, 6) is 1.05. The molecule has 0 unspecified atom stereocenters. The second-order valence-corrected chi connectivity index (χ2v) is 7.32. The van der Waals surface area contributed by atoms with Crippen molar-refractivity contribution >= 4 is 11.8 Å². The van der Waals surface area contributed by atoms with Gasteiger partial charge in [0, 0.05) is 51.7 Å². The van der Waals surface area contributed by atoms with Crippen LogP contribution < -0.4 is 4.74 Å². The van der Waals surface area contributed by atoms with Gasteiger partial charge in [-0.05, 0) is 43.5 Å². The van der Waals surface area contributed by atoms with Crippen LogP contribution in [0.15, 0.2) is 24.3 Å². The van der Waals surface area contributed by atoms with Gasteiger partial charge in [0.15, 0.2) is 0 Å². The minimum atomic E-state index is 0.111. The summed E-state index contributed by atoms with van der Waals surface area (Å²) in [6.07, 6.45) is 5.61. The van der Waals surface area contributed by atoms with Gasteiger partial charge < -0.3 is 19.3 Å². The third-order valence-corrected chi connectivity index (χ3v) is 5.36. The number of ether oxygens (including phenoxy) is 2. The minimum Gasteiger partial charge on any atom is -0.490 e. The predicted octanol–water partition coefficient (Wildman–Crippen LogP) is 2.72. The molecule has 6 heteroatoms. The first-order valence-electron chi connectivity index (χ1n) is 10.00. The van der Waals surface area contributed by atoms with Crippen LogP contribution in [0.4, 0.5) is 0 Å². The second-order valence-electron chi connectivity index (χ2n) is 7.32. The molecule has 148 valence electrons. The fourth-order valence-electron chi connectivity index (χ4n) is 3.72. The van der Waals surface area contributed by atoms with Crippen molar-refractivity contribution < 1.29 is 19.1 Å². The molecule has 0 N–H and O–H groups in total. The highest BCUT2D eigenvalue weighted by Crippen LogP contribution is 2.21. The standard InChI is InChI=1S/C21H30N2O4/c1-26-16-11-20(24)22-14-9-19(10-15-22)27-18-7-5-17(6-8-18)21(25)23-12-3-2-4-13-23/h5-8,19H,2-4,9-16H2,1H3. The average molecular weight is 374 g/mol. The number of amides is 2. The number of methoxy groups -OCH3 is 1. The first-order valence-corrected chi connectivity index (χ1v) is 10.00. The molecule has 0 atom stereocenters. The lowest BCUT2D eigenvalue weighted by atomic mass is 10.1. The summed E-state index contributed by atoms with van der Waals surface area (Å²) in [6.45, 7) is 3.63. The third-order valence-electron chi connectivity index (χ3n) is 5.36. The molecule has 2 amide bonds. The van der Waals surface area contributed by atoms with Crippen molar-refractivity contribution in [3.8, 4) is 5.75 Å². The molecule has 2 aliphatic heterocycles. The Kier molecular flexibility index (Phi) is 7.10. The molecule has 2 fully saturated rings. The Hall–Kier alpha value is -2.08. The van der Waals surface area contributed by atoms with E-state index in [0.29, 0.717) is 13.0 Å². The van der Waals surface area contributed by atoms with E-state index >= 15 is 0 Å². The van der Waals surface area contributed by atoms with Crippen LogP contribution in [0, 0.1) is 0 Å². The van der Waals surface area contributed by atoms with Gasteiger partial charge in [0.05, 0.1) is 13.0 Å². The van der Waals surface area contributed by atoms with Gasteiger partial charge in [0.2, 0.25) is 5.91 Å². The Morgan fingerprint density at radius 3 is 2.26 bits per heavy atom. The van der Waals surface area contributed by atoms with E-state index in [0.717, 1.165) is 63.2 Å². The van der Waals surface area contributed by atoms with Gasteiger partial charge in [-0.1, -0.05) is 0 Å². The van der Waals surface area contributed by atoms with Crippen LogP contribution in [0.1, 0.15) is 48.9 Å². The maximum absolute atomic E-state index is 12.5. The van der Waals surface area contributed by atoms with E-state index in [1.54, 1.807) is 7.11 Å². The number of benzene rings is 1. The fourth-order valence-corrected chi connectivity index (χ4v) is 3.72. The van der Waals surface area contributed by atoms with Crippen LogP contribution in [0.3, 0.4) is 0 Å². The van der Waals surface area contributed by atoms with Gasteiger partial charge in [-0.2, -0.15) is 0 Å². The highest BCUT2D eigenvalue weighted by atomic mass is 16.5. The fraction of sp³-hybridized carbons (Fsp3) is 0.619. The van der Waals surface area contributed by atoms with Crippen LogP contribution in [0.2, 0.25) is 0 Å². The van der Waals surface area contributed by atoms with E-state index in [2.05, 4.69) is 0 Å². The number of piperidine rings is 2. The van der Waals surface area contributed by atoms with Crippen molar-refractivity contribution in [3.05, 3.63) is 29.8 Å². The van der Waals surface area contributed by atoms with E-state index in [-0.39, 0.29) is 17.9 Å². The van der Waals surface area contributed by atoms with E-state index in [9.17, 15) is 9.59 Å². The van der Waals surface area contributed by atoms with Gasteiger partial charge in [0.1, 0.15) is 11.9 Å². The highest BCUT2D eigenvalue weighted by Gasteiger charge is 2.24. The van der Waals surface area contributed by atoms with Gasteiger partial charge in [-0.3, -0.25) is 9.59 Å². The summed E-state index contributed by atoms with van der Waals surface area (Å²) in [7, 11) is 1.61. The molecule has 3 rings (SSSR count). The first-order chi connectivity index (χ1) is 13.2. The Morgan fingerprint density at radius 2 is 1.63 bits per heavy atom. The minimum absolute atomic E-state index is 0.111. The molecule has 0 aromatic heterocycles. The summed E-state index contributed by atoms with van der Waals surface area (Å²) in [6, 6.07) is 7.48. The molecule has 2 saturated heterocycles. The Labute approximate surface area is 161 Å². The number of hydrogen-bond acceptors (Lipinski definition) is 4. The van der Waals surface area contributed by atoms with Crippen molar-refractivity contribution in [2.24, 2.45) is 0 Å². The highest BCUT2D eigenvalue weighted by molar-refractivity contribution is 5.94. The van der Waals surface area contributed by atoms with Crippen LogP contribution in [-0.4, -0.2) is 67.6 Å². The first kappa shape index (κ1) is 19.7. The van der Waals surface area contributed by atoms with Crippen molar-refractivity contribution in [2.45, 2.75) is 44.6 Å². The third kappa shape index (κ3) is 5.45. The summed E-state index contributed by atoms with van der Waals surface area (Å²) in [5.41, 5.74) is 0.725. The zero-order valence-electron chi connectivity index (χ0n) is 16.2. The monoisotopic (exact) mass is 374 g/mol. The predicted molar refractivity (Wildman–Crippen MR) is 103 cm³/mol. The van der Waals surface area contributed by atoms with E-state index in [1.165, 1.54) is 6.42 Å². The molecule has 6 nitrogen and oxygen atoms in total. The second kappa shape index (κ2) is 9.74. The number of carbonyl (C=O) groups excluding carboxylic acids is 2. The van der Waals surface area contributed by atoms with Crippen LogP contribution in [-0.2, 0) is 9.53 Å². The molecule has 0 radical (unpaired) electrons. The summed E-state index contributed by atoms with van der Waals surface area (Å²) >= 11 is 0. The van der Waals surface area contributed by atoms with Gasteiger partial charge in [-0.15, -0.1) is 0 Å². The molecule has 0 spiro atoms. The number of rotatable bonds is 6. The van der Waals surface area contributed by atoms with E-state index in [4.69, 9.17) is 9.47 Å². The normalized spacial score (nSPS) is 18.4. The van der Waals surface area contributed by atoms with Crippen LogP contribution >= 0.6 is 0 Å². The Balaban J connectivity index is 1.46. The molecule has 27 heavy (non-hydrogen) atoms. The largest absolute Gasteiger partial charge is 0.490 e. The zero-order valence-corrected chi connectivity index (χ0v) is 16.2. The lowest BCUT2D eigenvalue weighted by Gasteiger charge is -2.32. The maximum atomic E-state index is 12.5. The Bertz CT molecular complexity index is 618. The van der Waals surface area contributed by atoms with Gasteiger partial charge in [0.25, 0.3) is 5.91 Å². The van der Waals surface area contributed by atoms with E-state index < -0.39 is 0 Å². The molecule has 2 heterocycles. The molecule has 0 saturated carbocycles. The number of likely N-dealkylation sites (tertiary alicyclic amines) is 2. The van der Waals surface area contributed by atoms with Crippen LogP contribution in [0.5, 0.6) is 5.75 Å². The van der Waals surface area contributed by atoms with Crippen molar-refractivity contribution in [1.29, 1.82) is 0 Å². The van der Waals surface area contributed by atoms with Crippen molar-refractivity contribution in [3.63, 3.8) is 0 Å². The Morgan fingerprint density at radius 1 is 0.963 bits per heavy atom. The zero-order chi connectivity index (χ0) is 19.1. The smallest absolute Gasteiger partial charge is 0.253 e. The maximum Gasteiger partial charge on any atom is 0.253 e. The summed E-state index contributed by atoms with van der Waals surface area (Å²) in [4.78, 5) is 28.4. The van der Waals surface area contributed by atoms with Crippen LogP contribution in [0.25, 0.3) is 0 Å². The lowest BCUT2D eigenvalue weighted by molar-refractivity contribution is -0.133. The average Bonchev–Trinajstić information content (AvgIpc) is 2.73. The molecule has 1 aromatic carbocycles. The van der Waals surface area contributed by atoms with Crippen molar-refractivity contribution in [2.75, 3.05) is 39.9 Å². The quantitative estimate of drug-likeness (QED) is 0.768. The van der Waals surface area contributed by atoms with Gasteiger partial charge >= 0.3 is 0 Å². The molecule has 1 aromatic rings. The molecule has 2 aliphatic rings. The summed E-state index contributed by atoms with van der Waals surface area (Å²) < 4.78 is 11.0. The molecular formula is C21H30N2O4. The molecular weight excluding hydrogens is 344 g/mol. The number of carbonyl (C=O) groups is 2. The summed E-state index contributed by atoms with van der Waals surface area (Å²) in [5, 5.41) is 0. The van der Waals surface area contributed by atoms with Gasteiger partial charge in [-0.25, -0.2) is 0 Å². The number of hydrogen-bond donors (Lipinski definition) is 0. The van der Waals surface area contributed by atoms with Crippen molar-refractivity contribution in [1.82, 2.24) is 9.80 Å². The SMILES string of the molecule is COCCC(=O)N1CCC(Oc2ccc(C(=O)N3CCCCC3)cc2)CC1. The topological polar surface area (TPSA) is 59.1 Å². The lowest BCUT2D eigenvalue weighted by Crippen LogP contribution is -2.42. The van der Waals surface area contributed by atoms with E-state index in [1.807, 2.05) is 34.1 Å². The molecule has 0 bridgehead atoms. The molecule has 0 aliphatic carbocycles. The number of nitrogens with zero attached hydrogens (tertiary/aromatic N) is 2.